The van der Waals surface area contributed by atoms with Gasteiger partial charge in [0.05, 0.1) is 12.4 Å². The summed E-state index contributed by atoms with van der Waals surface area (Å²) in [5, 5.41) is 0.567. The highest BCUT2D eigenvalue weighted by Gasteiger charge is 2.46. The van der Waals surface area contributed by atoms with Crippen molar-refractivity contribution in [2.45, 2.75) is 71.4 Å². The molecule has 0 fully saturated rings. The van der Waals surface area contributed by atoms with Crippen LogP contribution in [0.2, 0.25) is 16.6 Å². The SMILES string of the molecule is CCOC(CBr)Oc1c(OC)cccc1-c1ccc(O[Si](C(C)C)(C(C)C)C(C)C)cc1. The third-order valence-corrected chi connectivity index (χ3v) is 12.6. The van der Waals surface area contributed by atoms with Crippen molar-refractivity contribution in [3.05, 3.63) is 42.5 Å². The fourth-order valence-electron chi connectivity index (χ4n) is 4.71. The molecular weight excluding hydrogens is 484 g/mol. The molecule has 0 spiro atoms. The maximum Gasteiger partial charge on any atom is 0.258 e. The van der Waals surface area contributed by atoms with E-state index in [1.165, 1.54) is 0 Å². The Morgan fingerprint density at radius 2 is 1.47 bits per heavy atom. The van der Waals surface area contributed by atoms with Crippen LogP contribution in [-0.2, 0) is 4.74 Å². The van der Waals surface area contributed by atoms with Crippen LogP contribution in [0.15, 0.2) is 42.5 Å². The average Bonchev–Trinajstić information content (AvgIpc) is 2.76. The van der Waals surface area contributed by atoms with Crippen molar-refractivity contribution in [1.29, 1.82) is 0 Å². The second-order valence-electron chi connectivity index (χ2n) is 8.94. The smallest absolute Gasteiger partial charge is 0.258 e. The van der Waals surface area contributed by atoms with Crippen LogP contribution in [-0.4, -0.2) is 33.7 Å². The Balaban J connectivity index is 2.41. The van der Waals surface area contributed by atoms with E-state index >= 15 is 0 Å². The van der Waals surface area contributed by atoms with E-state index in [1.54, 1.807) is 7.11 Å². The van der Waals surface area contributed by atoms with Crippen LogP contribution in [0.4, 0.5) is 0 Å². The van der Waals surface area contributed by atoms with Crippen LogP contribution in [0, 0.1) is 0 Å². The molecule has 0 aliphatic carbocycles. The van der Waals surface area contributed by atoms with Crippen LogP contribution >= 0.6 is 15.9 Å². The predicted molar refractivity (Wildman–Crippen MR) is 140 cm³/mol. The molecule has 0 N–H and O–H groups in total. The first kappa shape index (κ1) is 26.7. The number of hydrogen-bond donors (Lipinski definition) is 0. The molecule has 6 heteroatoms. The molecule has 0 aromatic heterocycles. The van der Waals surface area contributed by atoms with Gasteiger partial charge in [-0.25, -0.2) is 0 Å². The summed E-state index contributed by atoms with van der Waals surface area (Å²) in [6.07, 6.45) is -0.396. The molecule has 1 atom stereocenters. The second-order valence-corrected chi connectivity index (χ2v) is 15.0. The molecule has 0 bridgehead atoms. The maximum absolute atomic E-state index is 6.82. The number of para-hydroxylation sites is 1. The van der Waals surface area contributed by atoms with E-state index < -0.39 is 14.6 Å². The van der Waals surface area contributed by atoms with Crippen molar-refractivity contribution in [3.63, 3.8) is 0 Å². The fourth-order valence-corrected chi connectivity index (χ4v) is 10.3. The molecule has 2 aromatic rings. The van der Waals surface area contributed by atoms with Crippen LogP contribution in [0.25, 0.3) is 11.1 Å². The van der Waals surface area contributed by atoms with Gasteiger partial charge in [-0.2, -0.15) is 0 Å². The van der Waals surface area contributed by atoms with Gasteiger partial charge in [0, 0.05) is 12.2 Å². The monoisotopic (exact) mass is 522 g/mol. The number of hydrogen-bond acceptors (Lipinski definition) is 4. The van der Waals surface area contributed by atoms with Crippen molar-refractivity contribution in [2.75, 3.05) is 19.0 Å². The molecule has 0 amide bonds. The van der Waals surface area contributed by atoms with E-state index in [2.05, 4.69) is 81.7 Å². The summed E-state index contributed by atoms with van der Waals surface area (Å²) in [5.41, 5.74) is 3.59. The van der Waals surface area contributed by atoms with Gasteiger partial charge in [0.25, 0.3) is 8.32 Å². The van der Waals surface area contributed by atoms with Crippen molar-refractivity contribution in [2.24, 2.45) is 0 Å². The first-order chi connectivity index (χ1) is 15.2. The number of alkyl halides is 1. The van der Waals surface area contributed by atoms with E-state index in [1.807, 2.05) is 25.1 Å². The molecule has 178 valence electrons. The summed E-state index contributed by atoms with van der Waals surface area (Å²) < 4.78 is 24.3. The van der Waals surface area contributed by atoms with Crippen LogP contribution in [0.5, 0.6) is 17.2 Å². The molecule has 4 nitrogen and oxygen atoms in total. The minimum absolute atomic E-state index is 0.396. The summed E-state index contributed by atoms with van der Waals surface area (Å²) in [4.78, 5) is 0. The van der Waals surface area contributed by atoms with Gasteiger partial charge in [-0.15, -0.1) is 0 Å². The normalized spacial score (nSPS) is 13.0. The molecule has 0 aliphatic rings. The first-order valence-corrected chi connectivity index (χ1v) is 14.8. The standard InChI is InChI=1S/C26H39BrO4Si/c1-9-29-25(17-27)30-26-23(11-10-12-24(26)28-8)21-13-15-22(16-14-21)31-32(18(2)3,19(4)5)20(6)7/h10-16,18-20,25H,9,17H2,1-8H3. The molecule has 0 radical (unpaired) electrons. The molecule has 32 heavy (non-hydrogen) atoms. The highest BCUT2D eigenvalue weighted by atomic mass is 79.9. The Hall–Kier alpha value is -1.50. The van der Waals surface area contributed by atoms with Crippen molar-refractivity contribution < 1.29 is 18.6 Å². The van der Waals surface area contributed by atoms with E-state index in [4.69, 9.17) is 18.6 Å². The van der Waals surface area contributed by atoms with E-state index in [-0.39, 0.29) is 0 Å². The number of halogens is 1. The molecule has 0 saturated carbocycles. The Morgan fingerprint density at radius 1 is 0.875 bits per heavy atom. The van der Waals surface area contributed by atoms with Gasteiger partial charge in [0.1, 0.15) is 5.75 Å². The molecule has 0 aliphatic heterocycles. The van der Waals surface area contributed by atoms with Crippen LogP contribution in [0.3, 0.4) is 0 Å². The Labute approximate surface area is 203 Å². The lowest BCUT2D eigenvalue weighted by molar-refractivity contribution is -0.0576. The van der Waals surface area contributed by atoms with Crippen molar-refractivity contribution in [1.82, 2.24) is 0 Å². The predicted octanol–water partition coefficient (Wildman–Crippen LogP) is 8.05. The Morgan fingerprint density at radius 3 is 1.94 bits per heavy atom. The Kier molecular flexibility index (Phi) is 10.1. The van der Waals surface area contributed by atoms with Gasteiger partial charge >= 0.3 is 0 Å². The number of ether oxygens (including phenoxy) is 3. The summed E-state index contributed by atoms with van der Waals surface area (Å²) in [5.74, 6) is 2.30. The molecule has 2 aromatic carbocycles. The molecule has 0 saturated heterocycles. The molecule has 0 heterocycles. The number of methoxy groups -OCH3 is 1. The largest absolute Gasteiger partial charge is 0.543 e. The van der Waals surface area contributed by atoms with Gasteiger partial charge in [-0.1, -0.05) is 81.7 Å². The lowest BCUT2D eigenvalue weighted by Gasteiger charge is -2.42. The van der Waals surface area contributed by atoms with E-state index in [9.17, 15) is 0 Å². The van der Waals surface area contributed by atoms with E-state index in [0.717, 1.165) is 16.9 Å². The van der Waals surface area contributed by atoms with Crippen LogP contribution in [0.1, 0.15) is 48.5 Å². The molecule has 1 unspecified atom stereocenters. The first-order valence-electron chi connectivity index (χ1n) is 11.5. The zero-order chi connectivity index (χ0) is 23.9. The highest BCUT2D eigenvalue weighted by molar-refractivity contribution is 9.09. The maximum atomic E-state index is 6.82. The molecule has 2 rings (SSSR count). The van der Waals surface area contributed by atoms with Gasteiger partial charge in [-0.05, 0) is 47.3 Å². The average molecular weight is 524 g/mol. The zero-order valence-electron chi connectivity index (χ0n) is 20.8. The highest BCUT2D eigenvalue weighted by Crippen LogP contribution is 2.44. The second kappa shape index (κ2) is 12.1. The van der Waals surface area contributed by atoms with Gasteiger partial charge in [0.2, 0.25) is 6.29 Å². The Bertz CT molecular complexity index is 814. The topological polar surface area (TPSA) is 36.9 Å². The zero-order valence-corrected chi connectivity index (χ0v) is 23.4. The van der Waals surface area contributed by atoms with Crippen molar-refractivity contribution in [3.8, 4) is 28.4 Å². The lowest BCUT2D eigenvalue weighted by atomic mass is 10.0. The molecular formula is C26H39BrO4Si. The van der Waals surface area contributed by atoms with Gasteiger partial charge < -0.3 is 18.6 Å². The third kappa shape index (κ3) is 5.89. The minimum Gasteiger partial charge on any atom is -0.543 e. The fraction of sp³-hybridized carbons (Fsp3) is 0.538. The lowest BCUT2D eigenvalue weighted by Crippen LogP contribution is -2.50. The quantitative estimate of drug-likeness (QED) is 0.160. The summed E-state index contributed by atoms with van der Waals surface area (Å²) in [7, 11) is -0.340. The van der Waals surface area contributed by atoms with Gasteiger partial charge in [0.15, 0.2) is 11.5 Å². The summed E-state index contributed by atoms with van der Waals surface area (Å²) in [6.45, 7) is 16.4. The minimum atomic E-state index is -1.99. The van der Waals surface area contributed by atoms with Gasteiger partial charge in [-0.3, -0.25) is 0 Å². The van der Waals surface area contributed by atoms with Crippen LogP contribution < -0.4 is 13.9 Å². The van der Waals surface area contributed by atoms with E-state index in [0.29, 0.717) is 40.1 Å². The summed E-state index contributed by atoms with van der Waals surface area (Å²) >= 11 is 3.47. The number of benzene rings is 2. The van der Waals surface area contributed by atoms with Crippen molar-refractivity contribution >= 4 is 24.2 Å². The number of rotatable bonds is 12. The third-order valence-electron chi connectivity index (χ3n) is 6.09. The summed E-state index contributed by atoms with van der Waals surface area (Å²) in [6, 6.07) is 14.3.